The lowest BCUT2D eigenvalue weighted by Gasteiger charge is -2.34. The van der Waals surface area contributed by atoms with Gasteiger partial charge in [-0.1, -0.05) is 48.5 Å². The van der Waals surface area contributed by atoms with Crippen molar-refractivity contribution in [3.63, 3.8) is 0 Å². The molecule has 1 heterocycles. The predicted octanol–water partition coefficient (Wildman–Crippen LogP) is 3.82. The van der Waals surface area contributed by atoms with Crippen molar-refractivity contribution in [2.45, 2.75) is 6.04 Å². The highest BCUT2D eigenvalue weighted by Gasteiger charge is 2.20. The quantitative estimate of drug-likeness (QED) is 0.863. The van der Waals surface area contributed by atoms with Crippen LogP contribution < -0.4 is 5.32 Å². The van der Waals surface area contributed by atoms with Crippen LogP contribution in [0.2, 0.25) is 0 Å². The van der Waals surface area contributed by atoms with E-state index < -0.39 is 0 Å². The first-order valence-electron chi connectivity index (χ1n) is 6.95. The molecule has 0 aliphatic carbocycles. The van der Waals surface area contributed by atoms with E-state index in [1.165, 1.54) is 16.3 Å². The Balaban J connectivity index is 0.00000110. The second kappa shape index (κ2) is 8.40. The van der Waals surface area contributed by atoms with Crippen LogP contribution in [0.1, 0.15) is 11.6 Å². The van der Waals surface area contributed by atoms with Crippen LogP contribution in [0.25, 0.3) is 10.8 Å². The van der Waals surface area contributed by atoms with Crippen molar-refractivity contribution < 1.29 is 0 Å². The summed E-state index contributed by atoms with van der Waals surface area (Å²) >= 11 is 0. The molecule has 1 fully saturated rings. The molecule has 3 rings (SSSR count). The Hall–Kier alpha value is -1.06. The number of benzene rings is 2. The van der Waals surface area contributed by atoms with Crippen LogP contribution in [-0.2, 0) is 0 Å². The summed E-state index contributed by atoms with van der Waals surface area (Å²) in [6.45, 7) is 8.35. The molecule has 0 aromatic heterocycles. The van der Waals surface area contributed by atoms with E-state index in [0.717, 1.165) is 26.2 Å². The van der Waals surface area contributed by atoms with Gasteiger partial charge in [-0.2, -0.15) is 0 Å². The summed E-state index contributed by atoms with van der Waals surface area (Å²) in [6, 6.07) is 15.5. The molecule has 0 radical (unpaired) electrons. The third-order valence-corrected chi connectivity index (χ3v) is 3.91. The molecular formula is C17H22Cl2N2. The lowest BCUT2D eigenvalue weighted by atomic mass is 9.97. The van der Waals surface area contributed by atoms with Crippen molar-refractivity contribution >= 4 is 35.6 Å². The molecule has 1 saturated heterocycles. The van der Waals surface area contributed by atoms with Gasteiger partial charge in [-0.05, 0) is 16.3 Å². The molecule has 0 spiro atoms. The van der Waals surface area contributed by atoms with Crippen LogP contribution in [0, 0.1) is 0 Å². The molecule has 0 bridgehead atoms. The van der Waals surface area contributed by atoms with Gasteiger partial charge in [-0.3, -0.25) is 4.90 Å². The second-order valence-electron chi connectivity index (χ2n) is 5.03. The SMILES string of the molecule is C=C[C@@H](c1cccc2ccccc12)N1CCNCC1.Cl.Cl. The fourth-order valence-corrected chi connectivity index (χ4v) is 2.94. The van der Waals surface area contributed by atoms with Crippen LogP contribution in [0.4, 0.5) is 0 Å². The summed E-state index contributed by atoms with van der Waals surface area (Å²) in [5.74, 6) is 0. The number of halogens is 2. The highest BCUT2D eigenvalue weighted by molar-refractivity contribution is 5.86. The first kappa shape index (κ1) is 18.0. The molecule has 1 N–H and O–H groups in total. The Morgan fingerprint density at radius 1 is 1.00 bits per heavy atom. The summed E-state index contributed by atoms with van der Waals surface area (Å²) in [6.07, 6.45) is 2.08. The zero-order valence-electron chi connectivity index (χ0n) is 12.0. The number of rotatable bonds is 3. The average molecular weight is 325 g/mol. The lowest BCUT2D eigenvalue weighted by Crippen LogP contribution is -2.44. The molecule has 2 nitrogen and oxygen atoms in total. The summed E-state index contributed by atoms with van der Waals surface area (Å²) in [5, 5.41) is 6.05. The van der Waals surface area contributed by atoms with Gasteiger partial charge in [0.25, 0.3) is 0 Å². The Labute approximate surface area is 139 Å². The van der Waals surface area contributed by atoms with Gasteiger partial charge in [0.15, 0.2) is 0 Å². The van der Waals surface area contributed by atoms with Gasteiger partial charge in [0.1, 0.15) is 0 Å². The third-order valence-electron chi connectivity index (χ3n) is 3.91. The molecule has 0 unspecified atom stereocenters. The third kappa shape index (κ3) is 3.78. The Morgan fingerprint density at radius 3 is 2.38 bits per heavy atom. The van der Waals surface area contributed by atoms with Crippen LogP contribution in [0.3, 0.4) is 0 Å². The van der Waals surface area contributed by atoms with Crippen molar-refractivity contribution in [2.24, 2.45) is 0 Å². The molecule has 1 aliphatic heterocycles. The smallest absolute Gasteiger partial charge is 0.0536 e. The largest absolute Gasteiger partial charge is 0.314 e. The highest BCUT2D eigenvalue weighted by atomic mass is 35.5. The van der Waals surface area contributed by atoms with E-state index in [4.69, 9.17) is 0 Å². The molecule has 2 aromatic carbocycles. The Kier molecular flexibility index (Phi) is 7.20. The fraction of sp³-hybridized carbons (Fsp3) is 0.294. The van der Waals surface area contributed by atoms with E-state index in [-0.39, 0.29) is 24.8 Å². The summed E-state index contributed by atoms with van der Waals surface area (Å²) in [5.41, 5.74) is 1.37. The minimum Gasteiger partial charge on any atom is -0.314 e. The summed E-state index contributed by atoms with van der Waals surface area (Å²) < 4.78 is 0. The minimum absolute atomic E-state index is 0. The predicted molar refractivity (Wildman–Crippen MR) is 95.8 cm³/mol. The van der Waals surface area contributed by atoms with Crippen LogP contribution in [0.5, 0.6) is 0 Å². The van der Waals surface area contributed by atoms with E-state index >= 15 is 0 Å². The number of nitrogens with one attached hydrogen (secondary N) is 1. The topological polar surface area (TPSA) is 15.3 Å². The summed E-state index contributed by atoms with van der Waals surface area (Å²) in [7, 11) is 0. The molecule has 1 atom stereocenters. The van der Waals surface area contributed by atoms with Crippen LogP contribution in [-0.4, -0.2) is 31.1 Å². The van der Waals surface area contributed by atoms with Crippen LogP contribution in [0.15, 0.2) is 55.1 Å². The second-order valence-corrected chi connectivity index (χ2v) is 5.03. The molecular weight excluding hydrogens is 303 g/mol. The molecule has 1 aliphatic rings. The molecule has 0 amide bonds. The number of piperazine rings is 1. The van der Waals surface area contributed by atoms with E-state index in [9.17, 15) is 0 Å². The molecule has 114 valence electrons. The zero-order chi connectivity index (χ0) is 13.1. The highest BCUT2D eigenvalue weighted by Crippen LogP contribution is 2.29. The molecule has 2 aromatic rings. The fourth-order valence-electron chi connectivity index (χ4n) is 2.94. The first-order chi connectivity index (χ1) is 9.40. The van der Waals surface area contributed by atoms with Gasteiger partial charge >= 0.3 is 0 Å². The zero-order valence-corrected chi connectivity index (χ0v) is 13.6. The van der Waals surface area contributed by atoms with Crippen molar-refractivity contribution in [3.8, 4) is 0 Å². The average Bonchev–Trinajstić information content (AvgIpc) is 2.49. The van der Waals surface area contributed by atoms with Crippen molar-refractivity contribution in [1.29, 1.82) is 0 Å². The van der Waals surface area contributed by atoms with Crippen molar-refractivity contribution in [3.05, 3.63) is 60.7 Å². The number of hydrogen-bond acceptors (Lipinski definition) is 2. The molecule has 21 heavy (non-hydrogen) atoms. The van der Waals surface area contributed by atoms with Gasteiger partial charge in [-0.15, -0.1) is 31.4 Å². The lowest BCUT2D eigenvalue weighted by molar-refractivity contribution is 0.204. The van der Waals surface area contributed by atoms with Crippen LogP contribution >= 0.6 is 24.8 Å². The van der Waals surface area contributed by atoms with Gasteiger partial charge < -0.3 is 5.32 Å². The number of nitrogens with zero attached hydrogens (tertiary/aromatic N) is 1. The van der Waals surface area contributed by atoms with Gasteiger partial charge in [0.05, 0.1) is 6.04 Å². The summed E-state index contributed by atoms with van der Waals surface area (Å²) in [4.78, 5) is 2.51. The maximum atomic E-state index is 4.06. The van der Waals surface area contributed by atoms with E-state index in [1.54, 1.807) is 0 Å². The monoisotopic (exact) mass is 324 g/mol. The standard InChI is InChI=1S/C17H20N2.2ClH/c1-2-17(19-12-10-18-11-13-19)16-9-5-7-14-6-3-4-8-15(14)16;;/h2-9,17-18H,1,10-13H2;2*1H/t17-;;/m0../s1. The maximum absolute atomic E-state index is 4.06. The van der Waals surface area contributed by atoms with Gasteiger partial charge in [-0.25, -0.2) is 0 Å². The molecule has 0 saturated carbocycles. The number of hydrogen-bond donors (Lipinski definition) is 1. The van der Waals surface area contributed by atoms with Gasteiger partial charge in [0.2, 0.25) is 0 Å². The minimum atomic E-state index is 0. The van der Waals surface area contributed by atoms with Crippen molar-refractivity contribution in [2.75, 3.05) is 26.2 Å². The number of fused-ring (bicyclic) bond motifs is 1. The van der Waals surface area contributed by atoms with Gasteiger partial charge in [0, 0.05) is 26.2 Å². The van der Waals surface area contributed by atoms with Crippen molar-refractivity contribution in [1.82, 2.24) is 10.2 Å². The Bertz CT molecular complexity index is 575. The normalized spacial score (nSPS) is 16.6. The van der Waals surface area contributed by atoms with E-state index in [0.29, 0.717) is 6.04 Å². The van der Waals surface area contributed by atoms with E-state index in [1.807, 2.05) is 0 Å². The van der Waals surface area contributed by atoms with E-state index in [2.05, 4.69) is 65.3 Å². The first-order valence-corrected chi connectivity index (χ1v) is 6.95. The maximum Gasteiger partial charge on any atom is 0.0536 e. The molecule has 4 heteroatoms. The Morgan fingerprint density at radius 2 is 1.67 bits per heavy atom.